The third kappa shape index (κ3) is 8.94. The number of ketones is 1. The predicted molar refractivity (Wildman–Crippen MR) is 101 cm³/mol. The minimum Gasteiger partial charge on any atom is -0.461 e. The summed E-state index contributed by atoms with van der Waals surface area (Å²) in [7, 11) is 0. The first-order chi connectivity index (χ1) is 12.0. The summed E-state index contributed by atoms with van der Waals surface area (Å²) < 4.78 is 43.0. The number of Topliss-reactive ketones (excluding diaryl/α,β-unsaturated/α-hetero) is 1. The van der Waals surface area contributed by atoms with Crippen LogP contribution >= 0.6 is 11.6 Å². The fourth-order valence-electron chi connectivity index (χ4n) is 1.77. The first kappa shape index (κ1) is 26.3. The van der Waals surface area contributed by atoms with Gasteiger partial charge in [0.1, 0.15) is 11.5 Å². The summed E-state index contributed by atoms with van der Waals surface area (Å²) in [5.41, 5.74) is 4.90. The molecule has 0 aromatic rings. The van der Waals surface area contributed by atoms with E-state index in [-0.39, 0.29) is 46.4 Å². The van der Waals surface area contributed by atoms with E-state index in [0.29, 0.717) is 0 Å². The van der Waals surface area contributed by atoms with E-state index in [1.807, 2.05) is 27.7 Å². The number of alkyl halides is 3. The maximum atomic E-state index is 12.6. The van der Waals surface area contributed by atoms with Gasteiger partial charge in [-0.15, -0.1) is 0 Å². The molecule has 0 bridgehead atoms. The molecule has 1 aliphatic carbocycles. The smallest absolute Gasteiger partial charge is 0.412 e. The van der Waals surface area contributed by atoms with E-state index in [1.54, 1.807) is 0 Å². The van der Waals surface area contributed by atoms with Crippen LogP contribution < -0.4 is 5.73 Å². The summed E-state index contributed by atoms with van der Waals surface area (Å²) in [6, 6.07) is 0. The Morgan fingerprint density at radius 1 is 1.23 bits per heavy atom. The summed E-state index contributed by atoms with van der Waals surface area (Å²) in [4.78, 5) is 11.4. The summed E-state index contributed by atoms with van der Waals surface area (Å²) in [6.07, 6.45) is -2.58. The van der Waals surface area contributed by atoms with Crippen LogP contribution in [0, 0.1) is 0 Å². The molecule has 0 fully saturated rings. The van der Waals surface area contributed by atoms with Crippen LogP contribution in [0.5, 0.6) is 0 Å². The molecule has 0 aromatic heterocycles. The van der Waals surface area contributed by atoms with Crippen LogP contribution in [0.15, 0.2) is 58.7 Å². The van der Waals surface area contributed by atoms with Crippen molar-refractivity contribution in [2.24, 2.45) is 5.73 Å². The number of rotatable bonds is 5. The maximum absolute atomic E-state index is 12.6. The molecule has 148 valence electrons. The largest absolute Gasteiger partial charge is 0.461 e. The average molecular weight is 394 g/mol. The summed E-state index contributed by atoms with van der Waals surface area (Å²) in [6.45, 7) is 16.3. The van der Waals surface area contributed by atoms with Gasteiger partial charge in [0.25, 0.3) is 0 Å². The number of halogens is 4. The van der Waals surface area contributed by atoms with Gasteiger partial charge in [0, 0.05) is 23.3 Å². The molecule has 0 aromatic carbocycles. The molecule has 0 saturated heterocycles. The fourth-order valence-corrected chi connectivity index (χ4v) is 2.03. The maximum Gasteiger partial charge on any atom is 0.412 e. The van der Waals surface area contributed by atoms with Crippen LogP contribution in [0.2, 0.25) is 0 Å². The molecule has 0 heterocycles. The van der Waals surface area contributed by atoms with Gasteiger partial charge < -0.3 is 10.5 Å². The second-order valence-corrected chi connectivity index (χ2v) is 5.05. The molecule has 0 amide bonds. The topological polar surface area (TPSA) is 52.3 Å². The highest BCUT2D eigenvalue weighted by atomic mass is 35.5. The van der Waals surface area contributed by atoms with Crippen molar-refractivity contribution in [2.45, 2.75) is 53.6 Å². The minimum absolute atomic E-state index is 0.0178. The molecule has 1 aliphatic rings. The van der Waals surface area contributed by atoms with Crippen LogP contribution in [0.1, 0.15) is 47.5 Å². The number of allylic oxidation sites excluding steroid dienone is 6. The number of ether oxygens (including phenoxy) is 1. The van der Waals surface area contributed by atoms with Crippen LogP contribution in [0.25, 0.3) is 0 Å². The van der Waals surface area contributed by atoms with Crippen LogP contribution in [-0.2, 0) is 9.53 Å². The van der Waals surface area contributed by atoms with Gasteiger partial charge in [0.2, 0.25) is 0 Å². The second kappa shape index (κ2) is 12.4. The van der Waals surface area contributed by atoms with Crippen molar-refractivity contribution >= 4 is 17.4 Å². The van der Waals surface area contributed by atoms with E-state index < -0.39 is 11.7 Å². The lowest BCUT2D eigenvalue weighted by atomic mass is 10.0. The van der Waals surface area contributed by atoms with Crippen molar-refractivity contribution in [1.82, 2.24) is 0 Å². The molecule has 0 spiro atoms. The molecule has 26 heavy (non-hydrogen) atoms. The van der Waals surface area contributed by atoms with Crippen molar-refractivity contribution in [3.63, 3.8) is 0 Å². The lowest BCUT2D eigenvalue weighted by molar-refractivity contribution is -0.113. The van der Waals surface area contributed by atoms with Gasteiger partial charge in [-0.2, -0.15) is 13.2 Å². The SMILES string of the molecule is C=C(/C=C(\C(=C)N)C(C)=O)OC1=C(Cl)C=C(C(F)(F)F)CC1.CC.CC. The number of hydrogen-bond donors (Lipinski definition) is 1. The van der Waals surface area contributed by atoms with Gasteiger partial charge in [-0.05, 0) is 25.5 Å². The highest BCUT2D eigenvalue weighted by Crippen LogP contribution is 2.37. The second-order valence-electron chi connectivity index (χ2n) is 4.65. The first-order valence-electron chi connectivity index (χ1n) is 8.23. The Morgan fingerprint density at radius 2 is 1.73 bits per heavy atom. The van der Waals surface area contributed by atoms with Crippen LogP contribution in [-0.4, -0.2) is 12.0 Å². The quantitative estimate of drug-likeness (QED) is 0.339. The summed E-state index contributed by atoms with van der Waals surface area (Å²) >= 11 is 5.80. The van der Waals surface area contributed by atoms with Gasteiger partial charge in [0.15, 0.2) is 5.78 Å². The lowest BCUT2D eigenvalue weighted by Gasteiger charge is -2.19. The molecule has 2 N–H and O–H groups in total. The Labute approximate surface area is 158 Å². The molecular formula is C19H27ClF3NO2. The molecule has 3 nitrogen and oxygen atoms in total. The average Bonchev–Trinajstić information content (AvgIpc) is 2.56. The number of hydrogen-bond acceptors (Lipinski definition) is 3. The lowest BCUT2D eigenvalue weighted by Crippen LogP contribution is -2.15. The molecular weight excluding hydrogens is 367 g/mol. The van der Waals surface area contributed by atoms with Crippen molar-refractivity contribution in [3.05, 3.63) is 58.7 Å². The van der Waals surface area contributed by atoms with E-state index in [2.05, 4.69) is 13.2 Å². The molecule has 0 aliphatic heterocycles. The standard InChI is InChI=1S/C15H15ClF3NO2.2C2H6/c1-8(6-12(9(2)20)10(3)21)22-14-5-4-11(7-13(14)16)15(17,18)19;2*1-2/h6-7H,1-2,4-5,20H2,3H3;2*1-2H3/b12-6+;;. The Kier molecular flexibility index (Phi) is 12.5. The monoisotopic (exact) mass is 393 g/mol. The first-order valence-corrected chi connectivity index (χ1v) is 8.60. The number of carbonyl (C=O) groups is 1. The van der Waals surface area contributed by atoms with Crippen LogP contribution in [0.4, 0.5) is 13.2 Å². The highest BCUT2D eigenvalue weighted by Gasteiger charge is 2.35. The molecule has 0 saturated carbocycles. The van der Waals surface area contributed by atoms with E-state index in [1.165, 1.54) is 13.0 Å². The van der Waals surface area contributed by atoms with E-state index >= 15 is 0 Å². The van der Waals surface area contributed by atoms with E-state index in [4.69, 9.17) is 22.1 Å². The zero-order chi connectivity index (χ0) is 21.1. The third-order valence-electron chi connectivity index (χ3n) is 2.84. The van der Waals surface area contributed by atoms with Crippen molar-refractivity contribution in [2.75, 3.05) is 0 Å². The Bertz CT molecular complexity index is 599. The highest BCUT2D eigenvalue weighted by molar-refractivity contribution is 6.31. The molecule has 0 unspecified atom stereocenters. The molecule has 7 heteroatoms. The molecule has 0 atom stereocenters. The number of carbonyl (C=O) groups excluding carboxylic acids is 1. The van der Waals surface area contributed by atoms with E-state index in [0.717, 1.165) is 6.08 Å². The van der Waals surface area contributed by atoms with Gasteiger partial charge in [-0.1, -0.05) is 52.5 Å². The number of nitrogens with two attached hydrogens (primary N) is 1. The minimum atomic E-state index is -4.42. The zero-order valence-corrected chi connectivity index (χ0v) is 16.6. The zero-order valence-electron chi connectivity index (χ0n) is 15.9. The van der Waals surface area contributed by atoms with E-state index in [9.17, 15) is 18.0 Å². The van der Waals surface area contributed by atoms with Gasteiger partial charge in [-0.3, -0.25) is 4.79 Å². The molecule has 0 radical (unpaired) electrons. The normalized spacial score (nSPS) is 14.2. The van der Waals surface area contributed by atoms with Crippen molar-refractivity contribution in [1.29, 1.82) is 0 Å². The van der Waals surface area contributed by atoms with Crippen LogP contribution in [0.3, 0.4) is 0 Å². The van der Waals surface area contributed by atoms with Gasteiger partial charge >= 0.3 is 6.18 Å². The third-order valence-corrected chi connectivity index (χ3v) is 3.16. The summed E-state index contributed by atoms with van der Waals surface area (Å²) in [5.74, 6) is -0.143. The summed E-state index contributed by atoms with van der Waals surface area (Å²) in [5, 5.41) is -0.149. The Balaban J connectivity index is 0. The van der Waals surface area contributed by atoms with Gasteiger partial charge in [0.05, 0.1) is 5.03 Å². The fraction of sp³-hybridized carbons (Fsp3) is 0.421. The van der Waals surface area contributed by atoms with Crippen molar-refractivity contribution in [3.8, 4) is 0 Å². The van der Waals surface area contributed by atoms with Crippen molar-refractivity contribution < 1.29 is 22.7 Å². The Hall–Kier alpha value is -1.95. The molecule has 1 rings (SSSR count). The van der Waals surface area contributed by atoms with Gasteiger partial charge in [-0.25, -0.2) is 0 Å². The predicted octanol–water partition coefficient (Wildman–Crippen LogP) is 6.29. The Morgan fingerprint density at radius 3 is 2.08 bits per heavy atom.